The zero-order valence-electron chi connectivity index (χ0n) is 19.6. The number of hydrogen-bond acceptors (Lipinski definition) is 7. The summed E-state index contributed by atoms with van der Waals surface area (Å²) in [4.78, 5) is 16.9. The van der Waals surface area contributed by atoms with Crippen LogP contribution in [0.25, 0.3) is 21.3 Å². The molecule has 1 aliphatic heterocycles. The van der Waals surface area contributed by atoms with Gasteiger partial charge < -0.3 is 14.6 Å². The van der Waals surface area contributed by atoms with Crippen molar-refractivity contribution in [3.8, 4) is 11.8 Å². The number of benzene rings is 2. The topological polar surface area (TPSA) is 68.1 Å². The predicted octanol–water partition coefficient (Wildman–Crippen LogP) is 4.94. The number of hydrogen-bond donors (Lipinski definition) is 1. The van der Waals surface area contributed by atoms with Crippen LogP contribution in [0.3, 0.4) is 0 Å². The number of aromatic nitrogens is 4. The molecule has 0 saturated carbocycles. The first kappa shape index (κ1) is 24.2. The van der Waals surface area contributed by atoms with Crippen molar-refractivity contribution in [2.75, 3.05) is 38.2 Å². The second-order valence-corrected chi connectivity index (χ2v) is 9.48. The third-order valence-electron chi connectivity index (χ3n) is 6.01. The summed E-state index contributed by atoms with van der Waals surface area (Å²) in [6.07, 6.45) is 3.49. The monoisotopic (exact) mass is 516 g/mol. The smallest absolute Gasteiger partial charge is 0.151 e. The van der Waals surface area contributed by atoms with Crippen molar-refractivity contribution in [3.05, 3.63) is 77.7 Å². The number of anilines is 2. The molecule has 1 saturated heterocycles. The molecule has 9 heteroatoms. The summed E-state index contributed by atoms with van der Waals surface area (Å²) in [5.74, 6) is 7.37. The van der Waals surface area contributed by atoms with E-state index >= 15 is 0 Å². The average molecular weight is 517 g/mol. The van der Waals surface area contributed by atoms with Crippen LogP contribution in [0.1, 0.15) is 10.4 Å². The maximum absolute atomic E-state index is 5.40. The molecule has 0 radical (unpaired) electrons. The molecule has 0 spiro atoms. The standard InChI is InChI=1S/C27H24N6OS.ClH/c1-2-5-20(6-3-1)17-33-19-30-23-15-21(8-9-25(23)33)31-27-26-24(28-18-29-27)16-22(35-26)7-4-10-32-11-13-34-14-12-32;/h1-3,5-6,8-9,15-16,18-19H,10-14,17H2,(H,28,29,31);1H. The second-order valence-electron chi connectivity index (χ2n) is 8.42. The lowest BCUT2D eigenvalue weighted by molar-refractivity contribution is 0.0443. The van der Waals surface area contributed by atoms with Crippen molar-refractivity contribution >= 4 is 56.5 Å². The zero-order chi connectivity index (χ0) is 23.5. The van der Waals surface area contributed by atoms with Crippen LogP contribution in [-0.4, -0.2) is 57.3 Å². The molecule has 0 unspecified atom stereocenters. The number of rotatable bonds is 5. The van der Waals surface area contributed by atoms with Gasteiger partial charge in [-0.3, -0.25) is 4.90 Å². The Bertz CT molecular complexity index is 1530. The van der Waals surface area contributed by atoms with E-state index in [1.165, 1.54) is 5.56 Å². The molecule has 36 heavy (non-hydrogen) atoms. The van der Waals surface area contributed by atoms with Crippen LogP contribution in [0.15, 0.2) is 67.3 Å². The molecule has 7 nitrogen and oxygen atoms in total. The average Bonchev–Trinajstić information content (AvgIpc) is 3.50. The molecule has 0 aliphatic carbocycles. The molecule has 2 aromatic carbocycles. The van der Waals surface area contributed by atoms with Crippen molar-refractivity contribution in [1.29, 1.82) is 0 Å². The highest BCUT2D eigenvalue weighted by Gasteiger charge is 2.11. The first-order valence-corrected chi connectivity index (χ1v) is 12.4. The zero-order valence-corrected chi connectivity index (χ0v) is 21.2. The van der Waals surface area contributed by atoms with Crippen LogP contribution in [0, 0.1) is 11.8 Å². The number of nitrogens with zero attached hydrogens (tertiary/aromatic N) is 5. The van der Waals surface area contributed by atoms with E-state index in [1.54, 1.807) is 17.7 Å². The lowest BCUT2D eigenvalue weighted by Gasteiger charge is -2.24. The highest BCUT2D eigenvalue weighted by atomic mass is 35.5. The second kappa shape index (κ2) is 11.1. The minimum atomic E-state index is 0. The molecule has 1 N–H and O–H groups in total. The summed E-state index contributed by atoms with van der Waals surface area (Å²) in [5.41, 5.74) is 5.13. The Balaban J connectivity index is 0.00000267. The lowest BCUT2D eigenvalue weighted by atomic mass is 10.2. The van der Waals surface area contributed by atoms with Gasteiger partial charge in [0.2, 0.25) is 0 Å². The van der Waals surface area contributed by atoms with E-state index in [4.69, 9.17) is 4.74 Å². The molecule has 5 aromatic rings. The van der Waals surface area contributed by atoms with Crippen molar-refractivity contribution in [2.24, 2.45) is 0 Å². The molecule has 3 aromatic heterocycles. The number of morpholine rings is 1. The van der Waals surface area contributed by atoms with Gasteiger partial charge in [0.25, 0.3) is 0 Å². The molecular formula is C27H25ClN6OS. The number of imidazole rings is 1. The number of ether oxygens (including phenoxy) is 1. The fourth-order valence-electron chi connectivity index (χ4n) is 4.19. The highest BCUT2D eigenvalue weighted by Crippen LogP contribution is 2.31. The van der Waals surface area contributed by atoms with Gasteiger partial charge >= 0.3 is 0 Å². The Kier molecular flexibility index (Phi) is 7.44. The first-order chi connectivity index (χ1) is 17.3. The van der Waals surface area contributed by atoms with Crippen LogP contribution in [0.5, 0.6) is 0 Å². The summed E-state index contributed by atoms with van der Waals surface area (Å²) in [5, 5.41) is 3.46. The Morgan fingerprint density at radius 2 is 1.83 bits per heavy atom. The number of halogens is 1. The van der Waals surface area contributed by atoms with E-state index in [0.717, 1.165) is 77.0 Å². The maximum atomic E-state index is 5.40. The Morgan fingerprint density at radius 1 is 0.972 bits per heavy atom. The third-order valence-corrected chi connectivity index (χ3v) is 7.06. The molecule has 6 rings (SSSR count). The van der Waals surface area contributed by atoms with Crippen molar-refractivity contribution in [2.45, 2.75) is 6.54 Å². The number of nitrogens with one attached hydrogen (secondary N) is 1. The molecule has 1 fully saturated rings. The molecular weight excluding hydrogens is 492 g/mol. The molecule has 182 valence electrons. The van der Waals surface area contributed by atoms with E-state index in [1.807, 2.05) is 18.5 Å². The van der Waals surface area contributed by atoms with Crippen molar-refractivity contribution in [3.63, 3.8) is 0 Å². The molecule has 0 bridgehead atoms. The van der Waals surface area contributed by atoms with Crippen LogP contribution in [0.2, 0.25) is 0 Å². The first-order valence-electron chi connectivity index (χ1n) is 11.6. The van der Waals surface area contributed by atoms with E-state index in [9.17, 15) is 0 Å². The van der Waals surface area contributed by atoms with Crippen LogP contribution in [0.4, 0.5) is 11.5 Å². The fraction of sp³-hybridized carbons (Fsp3) is 0.222. The van der Waals surface area contributed by atoms with Gasteiger partial charge in [-0.15, -0.1) is 23.7 Å². The van der Waals surface area contributed by atoms with Crippen molar-refractivity contribution in [1.82, 2.24) is 24.4 Å². The maximum Gasteiger partial charge on any atom is 0.151 e. The SMILES string of the molecule is C(#Cc1cc2ncnc(Nc3ccc4c(c3)ncn4Cc3ccccc3)c2s1)CN1CCOCC1.Cl. The van der Waals surface area contributed by atoms with Gasteiger partial charge in [0.15, 0.2) is 5.82 Å². The Hall–Kier alpha value is -3.48. The lowest BCUT2D eigenvalue weighted by Crippen LogP contribution is -2.36. The number of fused-ring (bicyclic) bond motifs is 2. The van der Waals surface area contributed by atoms with Gasteiger partial charge in [-0.2, -0.15) is 0 Å². The summed E-state index contributed by atoms with van der Waals surface area (Å²) < 4.78 is 8.56. The van der Waals surface area contributed by atoms with Gasteiger partial charge in [-0.1, -0.05) is 42.2 Å². The Morgan fingerprint density at radius 3 is 2.69 bits per heavy atom. The largest absolute Gasteiger partial charge is 0.379 e. The van der Waals surface area contributed by atoms with Crippen molar-refractivity contribution < 1.29 is 4.74 Å². The van der Waals surface area contributed by atoms with Crippen LogP contribution < -0.4 is 5.32 Å². The third kappa shape index (κ3) is 5.35. The van der Waals surface area contributed by atoms with Gasteiger partial charge in [0, 0.05) is 25.3 Å². The highest BCUT2D eigenvalue weighted by molar-refractivity contribution is 7.20. The Labute approximate surface area is 219 Å². The predicted molar refractivity (Wildman–Crippen MR) is 147 cm³/mol. The van der Waals surface area contributed by atoms with Gasteiger partial charge in [-0.25, -0.2) is 15.0 Å². The summed E-state index contributed by atoms with van der Waals surface area (Å²) >= 11 is 1.61. The summed E-state index contributed by atoms with van der Waals surface area (Å²) in [7, 11) is 0. The number of thiophene rings is 1. The van der Waals surface area contributed by atoms with Crippen LogP contribution >= 0.6 is 23.7 Å². The minimum absolute atomic E-state index is 0. The van der Waals surface area contributed by atoms with Gasteiger partial charge in [0.1, 0.15) is 6.33 Å². The minimum Gasteiger partial charge on any atom is -0.379 e. The molecule has 1 aliphatic rings. The fourth-order valence-corrected chi connectivity index (χ4v) is 5.12. The van der Waals surface area contributed by atoms with E-state index in [-0.39, 0.29) is 12.4 Å². The van der Waals surface area contributed by atoms with Crippen LogP contribution in [-0.2, 0) is 11.3 Å². The normalized spacial score (nSPS) is 13.8. The molecule has 0 atom stereocenters. The molecule has 0 amide bonds. The van der Waals surface area contributed by atoms with Gasteiger partial charge in [0.05, 0.1) is 52.2 Å². The van der Waals surface area contributed by atoms with E-state index < -0.39 is 0 Å². The summed E-state index contributed by atoms with van der Waals surface area (Å²) in [6.45, 7) is 5.00. The van der Waals surface area contributed by atoms with Gasteiger partial charge in [-0.05, 0) is 29.8 Å². The summed E-state index contributed by atoms with van der Waals surface area (Å²) in [6, 6.07) is 18.7. The molecule has 4 heterocycles. The van der Waals surface area contributed by atoms with E-state index in [2.05, 4.69) is 84.0 Å². The van der Waals surface area contributed by atoms with E-state index in [0.29, 0.717) is 0 Å². The quantitative estimate of drug-likeness (QED) is 0.334.